The topological polar surface area (TPSA) is 51.2 Å². The van der Waals surface area contributed by atoms with Crippen molar-refractivity contribution in [2.45, 2.75) is 26.9 Å². The van der Waals surface area contributed by atoms with Crippen molar-refractivity contribution in [2.24, 2.45) is 0 Å². The summed E-state index contributed by atoms with van der Waals surface area (Å²) in [5, 5.41) is 5.54. The van der Waals surface area contributed by atoms with Crippen molar-refractivity contribution in [3.63, 3.8) is 0 Å². The molecule has 0 aliphatic heterocycles. The van der Waals surface area contributed by atoms with E-state index in [0.717, 1.165) is 21.8 Å². The third-order valence-electron chi connectivity index (χ3n) is 3.77. The standard InChI is InChI=1S/C20H19FN2O2S/c1-13-3-8-18(14(2)9-13)23-19(24)10-16-12-26-20(22-16)11-25-17-6-4-15(21)5-7-17/h3-9,12H,10-11H2,1-2H3,(H,23,24). The Hall–Kier alpha value is -2.73. The monoisotopic (exact) mass is 370 g/mol. The molecule has 0 saturated heterocycles. The van der Waals surface area contributed by atoms with Gasteiger partial charge in [-0.05, 0) is 49.7 Å². The molecule has 1 N–H and O–H groups in total. The molecule has 4 nitrogen and oxygen atoms in total. The number of thiazole rings is 1. The average molecular weight is 370 g/mol. The quantitative estimate of drug-likeness (QED) is 0.687. The molecule has 0 unspecified atom stereocenters. The summed E-state index contributed by atoms with van der Waals surface area (Å²) in [6.07, 6.45) is 0.209. The van der Waals surface area contributed by atoms with Gasteiger partial charge in [-0.1, -0.05) is 17.7 Å². The minimum Gasteiger partial charge on any atom is -0.486 e. The van der Waals surface area contributed by atoms with Crippen LogP contribution in [-0.4, -0.2) is 10.9 Å². The Morgan fingerprint density at radius 2 is 1.96 bits per heavy atom. The van der Waals surface area contributed by atoms with E-state index in [-0.39, 0.29) is 24.8 Å². The van der Waals surface area contributed by atoms with Crippen molar-refractivity contribution in [2.75, 3.05) is 5.32 Å². The van der Waals surface area contributed by atoms with Gasteiger partial charge in [-0.15, -0.1) is 11.3 Å². The van der Waals surface area contributed by atoms with Crippen LogP contribution in [0.15, 0.2) is 47.8 Å². The molecule has 0 atom stereocenters. The first-order valence-corrected chi connectivity index (χ1v) is 9.06. The van der Waals surface area contributed by atoms with E-state index in [4.69, 9.17) is 4.74 Å². The van der Waals surface area contributed by atoms with Gasteiger partial charge in [0.25, 0.3) is 0 Å². The number of benzene rings is 2. The van der Waals surface area contributed by atoms with Crippen LogP contribution in [0.1, 0.15) is 21.8 Å². The van der Waals surface area contributed by atoms with Crippen LogP contribution < -0.4 is 10.1 Å². The number of nitrogens with zero attached hydrogens (tertiary/aromatic N) is 1. The van der Waals surface area contributed by atoms with Gasteiger partial charge in [0, 0.05) is 11.1 Å². The first-order chi connectivity index (χ1) is 12.5. The molecule has 0 spiro atoms. The SMILES string of the molecule is Cc1ccc(NC(=O)Cc2csc(COc3ccc(F)cc3)n2)c(C)c1. The lowest BCUT2D eigenvalue weighted by molar-refractivity contribution is -0.115. The van der Waals surface area contributed by atoms with Crippen molar-refractivity contribution >= 4 is 22.9 Å². The highest BCUT2D eigenvalue weighted by Gasteiger charge is 2.10. The predicted molar refractivity (Wildman–Crippen MR) is 101 cm³/mol. The Labute approximate surface area is 155 Å². The largest absolute Gasteiger partial charge is 0.486 e. The van der Waals surface area contributed by atoms with Crippen molar-refractivity contribution < 1.29 is 13.9 Å². The summed E-state index contributed by atoms with van der Waals surface area (Å²) in [5.74, 6) is 0.174. The Bertz CT molecular complexity index is 906. The average Bonchev–Trinajstić information content (AvgIpc) is 3.04. The third kappa shape index (κ3) is 4.89. The first kappa shape index (κ1) is 18.1. The predicted octanol–water partition coefficient (Wildman–Crippen LogP) is 4.66. The van der Waals surface area contributed by atoms with Gasteiger partial charge in [0.1, 0.15) is 23.2 Å². The lowest BCUT2D eigenvalue weighted by atomic mass is 10.1. The van der Waals surface area contributed by atoms with E-state index in [1.54, 1.807) is 12.1 Å². The Kier molecular flexibility index (Phi) is 5.63. The lowest BCUT2D eigenvalue weighted by Crippen LogP contribution is -2.15. The number of carbonyl (C=O) groups is 1. The smallest absolute Gasteiger partial charge is 0.230 e. The molecule has 0 saturated carbocycles. The maximum absolute atomic E-state index is 12.9. The van der Waals surface area contributed by atoms with E-state index < -0.39 is 0 Å². The zero-order valence-corrected chi connectivity index (χ0v) is 15.4. The van der Waals surface area contributed by atoms with Gasteiger partial charge < -0.3 is 10.1 Å². The van der Waals surface area contributed by atoms with Gasteiger partial charge in [-0.3, -0.25) is 4.79 Å². The second-order valence-corrected chi connectivity index (χ2v) is 6.96. The van der Waals surface area contributed by atoms with Gasteiger partial charge in [0.2, 0.25) is 5.91 Å². The number of hydrogen-bond acceptors (Lipinski definition) is 4. The van der Waals surface area contributed by atoms with Crippen LogP contribution in [0.5, 0.6) is 5.75 Å². The molecule has 0 radical (unpaired) electrons. The minimum atomic E-state index is -0.302. The van der Waals surface area contributed by atoms with Crippen LogP contribution >= 0.6 is 11.3 Å². The highest BCUT2D eigenvalue weighted by atomic mass is 32.1. The van der Waals surface area contributed by atoms with E-state index in [9.17, 15) is 9.18 Å². The summed E-state index contributed by atoms with van der Waals surface area (Å²) in [6.45, 7) is 4.27. The molecule has 1 heterocycles. The fourth-order valence-corrected chi connectivity index (χ4v) is 3.19. The van der Waals surface area contributed by atoms with E-state index in [1.807, 2.05) is 37.4 Å². The minimum absolute atomic E-state index is 0.103. The van der Waals surface area contributed by atoms with E-state index in [2.05, 4.69) is 10.3 Å². The molecule has 6 heteroatoms. The number of rotatable bonds is 6. The molecule has 134 valence electrons. The fourth-order valence-electron chi connectivity index (χ4n) is 2.49. The molecule has 0 aliphatic rings. The molecule has 2 aromatic carbocycles. The highest BCUT2D eigenvalue weighted by Crippen LogP contribution is 2.18. The molecule has 0 bridgehead atoms. The van der Waals surface area contributed by atoms with Gasteiger partial charge in [-0.25, -0.2) is 9.37 Å². The molecule has 0 fully saturated rings. The summed E-state index contributed by atoms with van der Waals surface area (Å²) in [7, 11) is 0. The van der Waals surface area contributed by atoms with Crippen LogP contribution in [0.4, 0.5) is 10.1 Å². The van der Waals surface area contributed by atoms with Crippen LogP contribution in [0.2, 0.25) is 0 Å². The molecule has 1 amide bonds. The van der Waals surface area contributed by atoms with Crippen molar-refractivity contribution in [1.29, 1.82) is 0 Å². The van der Waals surface area contributed by atoms with Crippen LogP contribution in [0, 0.1) is 19.7 Å². The maximum atomic E-state index is 12.9. The number of carbonyl (C=O) groups excluding carboxylic acids is 1. The Morgan fingerprint density at radius 3 is 2.69 bits per heavy atom. The number of ether oxygens (including phenoxy) is 1. The van der Waals surface area contributed by atoms with Gasteiger partial charge >= 0.3 is 0 Å². The number of nitrogens with one attached hydrogen (secondary N) is 1. The summed E-state index contributed by atoms with van der Waals surface area (Å²) >= 11 is 1.44. The number of anilines is 1. The van der Waals surface area contributed by atoms with Crippen molar-refractivity contribution in [3.05, 3.63) is 75.5 Å². The fraction of sp³-hybridized carbons (Fsp3) is 0.200. The summed E-state index contributed by atoms with van der Waals surface area (Å²) in [6, 6.07) is 11.7. The van der Waals surface area contributed by atoms with Crippen LogP contribution in [-0.2, 0) is 17.8 Å². The van der Waals surface area contributed by atoms with E-state index in [0.29, 0.717) is 11.4 Å². The highest BCUT2D eigenvalue weighted by molar-refractivity contribution is 7.09. The molecule has 0 aliphatic carbocycles. The summed E-state index contributed by atoms with van der Waals surface area (Å²) in [4.78, 5) is 16.6. The third-order valence-corrected chi connectivity index (χ3v) is 4.64. The van der Waals surface area contributed by atoms with E-state index in [1.165, 1.54) is 23.5 Å². The maximum Gasteiger partial charge on any atom is 0.230 e. The number of aryl methyl sites for hydroxylation is 2. The summed E-state index contributed by atoms with van der Waals surface area (Å²) < 4.78 is 18.4. The molecular formula is C20H19FN2O2S. The number of amides is 1. The van der Waals surface area contributed by atoms with Gasteiger partial charge in [0.15, 0.2) is 0 Å². The second kappa shape index (κ2) is 8.10. The summed E-state index contributed by atoms with van der Waals surface area (Å²) in [5.41, 5.74) is 3.71. The van der Waals surface area contributed by atoms with Gasteiger partial charge in [-0.2, -0.15) is 0 Å². The normalized spacial score (nSPS) is 10.6. The number of aromatic nitrogens is 1. The van der Waals surface area contributed by atoms with Gasteiger partial charge in [0.05, 0.1) is 12.1 Å². The zero-order chi connectivity index (χ0) is 18.5. The molecule has 3 rings (SSSR count). The second-order valence-electron chi connectivity index (χ2n) is 6.02. The molecule has 26 heavy (non-hydrogen) atoms. The Balaban J connectivity index is 1.54. The van der Waals surface area contributed by atoms with E-state index >= 15 is 0 Å². The molecule has 3 aromatic rings. The number of halogens is 1. The van der Waals surface area contributed by atoms with Crippen molar-refractivity contribution in [3.8, 4) is 5.75 Å². The molecule has 1 aromatic heterocycles. The zero-order valence-electron chi connectivity index (χ0n) is 14.6. The number of hydrogen-bond donors (Lipinski definition) is 1. The molecular weight excluding hydrogens is 351 g/mol. The van der Waals surface area contributed by atoms with Crippen molar-refractivity contribution in [1.82, 2.24) is 4.98 Å². The Morgan fingerprint density at radius 1 is 1.19 bits per heavy atom. The van der Waals surface area contributed by atoms with Crippen LogP contribution in [0.25, 0.3) is 0 Å². The van der Waals surface area contributed by atoms with Crippen LogP contribution in [0.3, 0.4) is 0 Å². The lowest BCUT2D eigenvalue weighted by Gasteiger charge is -2.08. The first-order valence-electron chi connectivity index (χ1n) is 8.18.